The molecular formula is C28H19Cl2F4N3O3. The monoisotopic (exact) mass is 591 g/mol. The number of carbonyl (C=O) groups is 2. The van der Waals surface area contributed by atoms with Gasteiger partial charge in [-0.2, -0.15) is 18.2 Å². The molecule has 2 N–H and O–H groups in total. The summed E-state index contributed by atoms with van der Waals surface area (Å²) >= 11 is 12.2. The van der Waals surface area contributed by atoms with E-state index < -0.39 is 57.4 Å². The fourth-order valence-corrected chi connectivity index (χ4v) is 5.83. The quantitative estimate of drug-likeness (QED) is 0.252. The summed E-state index contributed by atoms with van der Waals surface area (Å²) in [5.41, 5.74) is 0.953. The molecule has 0 bridgehead atoms. The maximum absolute atomic E-state index is 14.6. The first-order valence-corrected chi connectivity index (χ1v) is 12.6. The minimum absolute atomic E-state index is 0.0952. The Morgan fingerprint density at radius 3 is 2.42 bits per heavy atom. The average Bonchev–Trinajstić information content (AvgIpc) is 3.12. The van der Waals surface area contributed by atoms with Crippen molar-refractivity contribution in [3.63, 3.8) is 0 Å². The van der Waals surface area contributed by atoms with Crippen LogP contribution in [0.4, 0.5) is 23.4 Å². The Bertz CT molecular complexity index is 1580. The van der Waals surface area contributed by atoms with Crippen LogP contribution >= 0.6 is 23.2 Å². The molecule has 2 aromatic carbocycles. The predicted octanol–water partition coefficient (Wildman–Crippen LogP) is 6.80. The second-order valence-electron chi connectivity index (χ2n) is 9.36. The van der Waals surface area contributed by atoms with E-state index in [4.69, 9.17) is 23.2 Å². The number of hydrogen-bond acceptors (Lipinski definition) is 5. The zero-order valence-corrected chi connectivity index (χ0v) is 21.9. The van der Waals surface area contributed by atoms with Crippen molar-refractivity contribution in [3.8, 4) is 5.75 Å². The number of halogens is 6. The number of aromatic hydroxyl groups is 1. The molecule has 1 fully saturated rings. The number of hydrazine groups is 1. The third-order valence-electron chi connectivity index (χ3n) is 7.25. The van der Waals surface area contributed by atoms with Crippen molar-refractivity contribution in [3.05, 3.63) is 112 Å². The van der Waals surface area contributed by atoms with E-state index in [0.717, 1.165) is 12.1 Å². The van der Waals surface area contributed by atoms with Crippen LogP contribution in [-0.4, -0.2) is 26.9 Å². The lowest BCUT2D eigenvalue weighted by Crippen LogP contribution is -2.48. The van der Waals surface area contributed by atoms with Crippen molar-refractivity contribution in [1.82, 2.24) is 9.99 Å². The van der Waals surface area contributed by atoms with Gasteiger partial charge in [0.2, 0.25) is 0 Å². The number of allylic oxidation sites excluding steroid dienone is 3. The number of pyridine rings is 1. The summed E-state index contributed by atoms with van der Waals surface area (Å²) in [5.74, 6) is -5.30. The highest BCUT2D eigenvalue weighted by atomic mass is 35.5. The lowest BCUT2D eigenvalue weighted by Gasteiger charge is -2.43. The molecule has 6 nitrogen and oxygen atoms in total. The van der Waals surface area contributed by atoms with Crippen molar-refractivity contribution in [2.75, 3.05) is 5.43 Å². The number of rotatable bonds is 5. The fourth-order valence-electron chi connectivity index (χ4n) is 5.49. The van der Waals surface area contributed by atoms with Crippen molar-refractivity contribution in [2.24, 2.45) is 5.92 Å². The molecule has 3 atom stereocenters. The van der Waals surface area contributed by atoms with Gasteiger partial charge in [0.15, 0.2) is 17.4 Å². The zero-order chi connectivity index (χ0) is 29.0. The van der Waals surface area contributed by atoms with E-state index >= 15 is 0 Å². The van der Waals surface area contributed by atoms with E-state index in [0.29, 0.717) is 33.4 Å². The minimum atomic E-state index is -4.71. The first-order valence-electron chi connectivity index (χ1n) is 11.8. The summed E-state index contributed by atoms with van der Waals surface area (Å²) < 4.78 is 54.0. The number of aromatic nitrogens is 1. The third-order valence-corrected chi connectivity index (χ3v) is 7.79. The minimum Gasteiger partial charge on any atom is -0.505 e. The highest BCUT2D eigenvalue weighted by Crippen LogP contribution is 2.58. The van der Waals surface area contributed by atoms with E-state index in [1.54, 1.807) is 30.3 Å². The lowest BCUT2D eigenvalue weighted by atomic mass is 9.56. The first-order chi connectivity index (χ1) is 18.9. The Morgan fingerprint density at radius 1 is 1.12 bits per heavy atom. The molecule has 40 heavy (non-hydrogen) atoms. The number of nitrogens with zero attached hydrogens (tertiary/aromatic N) is 2. The van der Waals surface area contributed by atoms with Crippen LogP contribution < -0.4 is 5.43 Å². The van der Waals surface area contributed by atoms with Gasteiger partial charge in [0, 0.05) is 17.1 Å². The Morgan fingerprint density at radius 2 is 1.82 bits per heavy atom. The van der Waals surface area contributed by atoms with Crippen molar-refractivity contribution in [2.45, 2.75) is 23.9 Å². The summed E-state index contributed by atoms with van der Waals surface area (Å²) in [7, 11) is 0. The number of benzene rings is 2. The molecule has 0 spiro atoms. The van der Waals surface area contributed by atoms with Gasteiger partial charge in [0.05, 0.1) is 21.9 Å². The van der Waals surface area contributed by atoms with E-state index in [9.17, 15) is 32.3 Å². The van der Waals surface area contributed by atoms with Gasteiger partial charge >= 0.3 is 6.18 Å². The molecule has 12 heteroatoms. The molecule has 1 saturated heterocycles. The molecule has 2 aliphatic rings. The van der Waals surface area contributed by atoms with Crippen LogP contribution in [0, 0.1) is 11.7 Å². The summed E-state index contributed by atoms with van der Waals surface area (Å²) in [4.78, 5) is 32.0. The maximum Gasteiger partial charge on any atom is 0.417 e. The number of amides is 2. The molecule has 5 rings (SSSR count). The van der Waals surface area contributed by atoms with E-state index in [1.165, 1.54) is 12.1 Å². The zero-order valence-electron chi connectivity index (χ0n) is 20.3. The Labute approximate surface area is 235 Å². The highest BCUT2D eigenvalue weighted by Gasteiger charge is 2.66. The van der Waals surface area contributed by atoms with Crippen LogP contribution in [0.15, 0.2) is 79.0 Å². The van der Waals surface area contributed by atoms with E-state index in [1.807, 2.05) is 0 Å². The highest BCUT2D eigenvalue weighted by molar-refractivity contribution is 6.33. The standard InChI is InChI=1S/C28H19Cl2F4N3O3/c1-2-14-3-9-19-25(39)37(36-24-20(30)12-17(13-35-24)28(32,33)34)26(40)27(19,16-5-7-18(29)8-6-16)23(14)15-4-10-22(38)21(31)11-15/h2-8,10-13,19,23,38H,1,9H2,(H,35,36)/t19-,23+,27+/m0/s1. The SMILES string of the molecule is C=CC1=CC[C@H]2C(=O)N(Nc3ncc(C(F)(F)F)cc3Cl)C(=O)[C@@]2(c2ccc(Cl)cc2)[C@H]1c1ccc(O)c(F)c1. The molecule has 1 aromatic heterocycles. The fraction of sp³-hybridized carbons (Fsp3) is 0.179. The van der Waals surface area contributed by atoms with Crippen molar-refractivity contribution in [1.29, 1.82) is 0 Å². The number of phenols is 1. The van der Waals surface area contributed by atoms with Gasteiger partial charge in [-0.15, -0.1) is 0 Å². The Hall–Kier alpha value is -3.89. The second kappa shape index (κ2) is 9.94. The van der Waals surface area contributed by atoms with Gasteiger partial charge in [-0.3, -0.25) is 15.0 Å². The van der Waals surface area contributed by atoms with E-state index in [-0.39, 0.29) is 17.8 Å². The molecule has 1 aliphatic heterocycles. The molecule has 0 unspecified atom stereocenters. The lowest BCUT2D eigenvalue weighted by molar-refractivity contribution is -0.139. The Kier molecular flexibility index (Phi) is 6.87. The largest absolute Gasteiger partial charge is 0.505 e. The summed E-state index contributed by atoms with van der Waals surface area (Å²) in [6.07, 6.45) is -0.856. The van der Waals surface area contributed by atoms with Crippen LogP contribution in [0.5, 0.6) is 5.75 Å². The maximum atomic E-state index is 14.6. The van der Waals surface area contributed by atoms with Crippen LogP contribution in [0.25, 0.3) is 0 Å². The van der Waals surface area contributed by atoms with Crippen LogP contribution in [-0.2, 0) is 21.2 Å². The van der Waals surface area contributed by atoms with Gasteiger partial charge in [0.25, 0.3) is 11.8 Å². The van der Waals surface area contributed by atoms with Crippen LogP contribution in [0.2, 0.25) is 10.0 Å². The van der Waals surface area contributed by atoms with Gasteiger partial charge < -0.3 is 5.11 Å². The summed E-state index contributed by atoms with van der Waals surface area (Å²) in [6, 6.07) is 10.6. The van der Waals surface area contributed by atoms with Gasteiger partial charge in [-0.05, 0) is 53.5 Å². The van der Waals surface area contributed by atoms with Crippen LogP contribution in [0.3, 0.4) is 0 Å². The molecule has 0 saturated carbocycles. The number of fused-ring (bicyclic) bond motifs is 1. The number of nitrogens with one attached hydrogen (secondary N) is 1. The molecule has 2 heterocycles. The number of hydrogen-bond donors (Lipinski definition) is 2. The molecular weight excluding hydrogens is 573 g/mol. The number of anilines is 1. The smallest absolute Gasteiger partial charge is 0.417 e. The number of carbonyl (C=O) groups excluding carboxylic acids is 2. The summed E-state index contributed by atoms with van der Waals surface area (Å²) in [5, 5.41) is 10.4. The molecule has 0 radical (unpaired) electrons. The molecule has 1 aliphatic carbocycles. The van der Waals surface area contributed by atoms with Gasteiger partial charge in [0.1, 0.15) is 0 Å². The van der Waals surface area contributed by atoms with Crippen molar-refractivity contribution >= 4 is 40.8 Å². The average molecular weight is 592 g/mol. The molecule has 2 amide bonds. The normalized spacial score (nSPS) is 22.6. The van der Waals surface area contributed by atoms with Gasteiger partial charge in [-0.1, -0.05) is 60.1 Å². The predicted molar refractivity (Wildman–Crippen MR) is 140 cm³/mol. The molecule has 206 valence electrons. The number of phenolic OH excluding ortho intramolecular Hbond substituents is 1. The topological polar surface area (TPSA) is 82.5 Å². The Balaban J connectivity index is 1.69. The third kappa shape index (κ3) is 4.31. The molecule has 3 aromatic rings. The second-order valence-corrected chi connectivity index (χ2v) is 10.2. The first kappa shape index (κ1) is 27.7. The van der Waals surface area contributed by atoms with Crippen molar-refractivity contribution < 1.29 is 32.3 Å². The van der Waals surface area contributed by atoms with E-state index in [2.05, 4.69) is 17.0 Å². The summed E-state index contributed by atoms with van der Waals surface area (Å²) in [6.45, 7) is 3.85. The number of imide groups is 1. The van der Waals surface area contributed by atoms with Crippen LogP contribution in [0.1, 0.15) is 29.0 Å². The van der Waals surface area contributed by atoms with Gasteiger partial charge in [-0.25, -0.2) is 9.37 Å². The number of alkyl halides is 3.